The molecular weight excluding hydrogens is 168 g/mol. The maximum atomic E-state index is 10.6. The number of ether oxygens (including phenoxy) is 1. The molecule has 0 aromatic heterocycles. The molecule has 3 heteroatoms. The van der Waals surface area contributed by atoms with Crippen molar-refractivity contribution in [3.8, 4) is 0 Å². The van der Waals surface area contributed by atoms with Gasteiger partial charge in [0.2, 0.25) is 0 Å². The molecule has 2 rings (SSSR count). The Bertz CT molecular complexity index is 226. The first kappa shape index (κ1) is 8.85. The number of carbonyl (C=O) groups is 1. The van der Waals surface area contributed by atoms with E-state index in [1.165, 1.54) is 12.8 Å². The largest absolute Gasteiger partial charge is 0.506 e. The van der Waals surface area contributed by atoms with Crippen LogP contribution in [0.4, 0.5) is 4.79 Å². The zero-order valence-electron chi connectivity index (χ0n) is 7.95. The van der Waals surface area contributed by atoms with Crippen molar-refractivity contribution in [2.75, 3.05) is 0 Å². The van der Waals surface area contributed by atoms with Crippen LogP contribution >= 0.6 is 0 Å². The summed E-state index contributed by atoms with van der Waals surface area (Å²) in [6, 6.07) is 0. The first-order valence-corrected chi connectivity index (χ1v) is 5.08. The molecule has 2 bridgehead atoms. The summed E-state index contributed by atoms with van der Waals surface area (Å²) in [5, 5.41) is 8.68. The standard InChI is InChI=1S/C10H16O3/c1-2-10(13-9(11)12)6-7-3-4-8(10)5-7/h7-8H,2-6H2,1H3,(H,11,12). The summed E-state index contributed by atoms with van der Waals surface area (Å²) in [5.74, 6) is 1.22. The second kappa shape index (κ2) is 2.89. The Balaban J connectivity index is 2.12. The van der Waals surface area contributed by atoms with Crippen LogP contribution in [-0.2, 0) is 4.74 Å². The molecule has 2 fully saturated rings. The van der Waals surface area contributed by atoms with Crippen molar-refractivity contribution in [1.29, 1.82) is 0 Å². The molecule has 0 amide bonds. The quantitative estimate of drug-likeness (QED) is 0.671. The predicted molar refractivity (Wildman–Crippen MR) is 47.6 cm³/mol. The third kappa shape index (κ3) is 1.30. The summed E-state index contributed by atoms with van der Waals surface area (Å²) in [6.07, 6.45) is 4.30. The maximum Gasteiger partial charge on any atom is 0.506 e. The monoisotopic (exact) mass is 184 g/mol. The minimum atomic E-state index is -1.10. The molecule has 2 saturated carbocycles. The average molecular weight is 184 g/mol. The second-order valence-corrected chi connectivity index (χ2v) is 4.37. The van der Waals surface area contributed by atoms with Gasteiger partial charge in [-0.2, -0.15) is 0 Å². The predicted octanol–water partition coefficient (Wildman–Crippen LogP) is 2.65. The van der Waals surface area contributed by atoms with Gasteiger partial charge >= 0.3 is 6.16 Å². The third-order valence-electron chi connectivity index (χ3n) is 3.81. The normalized spacial score (nSPS) is 42.2. The van der Waals surface area contributed by atoms with E-state index in [9.17, 15) is 4.79 Å². The average Bonchev–Trinajstić information content (AvgIpc) is 2.62. The summed E-state index contributed by atoms with van der Waals surface area (Å²) in [6.45, 7) is 2.03. The fraction of sp³-hybridized carbons (Fsp3) is 0.900. The van der Waals surface area contributed by atoms with E-state index >= 15 is 0 Å². The molecule has 2 aliphatic carbocycles. The van der Waals surface area contributed by atoms with Gasteiger partial charge in [0.1, 0.15) is 5.60 Å². The van der Waals surface area contributed by atoms with Crippen LogP contribution in [0, 0.1) is 11.8 Å². The molecule has 2 aliphatic rings. The highest BCUT2D eigenvalue weighted by atomic mass is 16.7. The van der Waals surface area contributed by atoms with Crippen molar-refractivity contribution in [3.05, 3.63) is 0 Å². The molecule has 0 aliphatic heterocycles. The smallest absolute Gasteiger partial charge is 0.450 e. The van der Waals surface area contributed by atoms with E-state index in [1.54, 1.807) is 0 Å². The lowest BCUT2D eigenvalue weighted by Gasteiger charge is -2.35. The van der Waals surface area contributed by atoms with Crippen molar-refractivity contribution in [1.82, 2.24) is 0 Å². The Hall–Kier alpha value is -0.730. The molecule has 0 saturated heterocycles. The summed E-state index contributed by atoms with van der Waals surface area (Å²) >= 11 is 0. The lowest BCUT2D eigenvalue weighted by Crippen LogP contribution is -2.39. The van der Waals surface area contributed by atoms with Crippen LogP contribution in [-0.4, -0.2) is 16.9 Å². The summed E-state index contributed by atoms with van der Waals surface area (Å²) in [5.41, 5.74) is -0.325. The fourth-order valence-corrected chi connectivity index (χ4v) is 3.20. The Morgan fingerprint density at radius 1 is 1.62 bits per heavy atom. The van der Waals surface area contributed by atoms with Crippen molar-refractivity contribution in [2.24, 2.45) is 11.8 Å². The third-order valence-corrected chi connectivity index (χ3v) is 3.81. The minimum absolute atomic E-state index is 0.325. The van der Waals surface area contributed by atoms with Gasteiger partial charge in [0.15, 0.2) is 0 Å². The van der Waals surface area contributed by atoms with Gasteiger partial charge in [0.05, 0.1) is 0 Å². The van der Waals surface area contributed by atoms with Gasteiger partial charge in [-0.05, 0) is 43.9 Å². The van der Waals surface area contributed by atoms with Crippen LogP contribution in [0.5, 0.6) is 0 Å². The molecule has 3 nitrogen and oxygen atoms in total. The minimum Gasteiger partial charge on any atom is -0.450 e. The molecule has 0 heterocycles. The Morgan fingerprint density at radius 2 is 2.38 bits per heavy atom. The van der Waals surface area contributed by atoms with Gasteiger partial charge in [-0.3, -0.25) is 0 Å². The molecule has 3 atom stereocenters. The van der Waals surface area contributed by atoms with Crippen LogP contribution in [0.25, 0.3) is 0 Å². The highest BCUT2D eigenvalue weighted by molar-refractivity contribution is 5.57. The SMILES string of the molecule is CCC1(OC(=O)O)CC2CCC1C2. The van der Waals surface area contributed by atoms with Gasteiger partial charge in [-0.1, -0.05) is 6.92 Å². The van der Waals surface area contributed by atoms with Crippen LogP contribution in [0.2, 0.25) is 0 Å². The summed E-state index contributed by atoms with van der Waals surface area (Å²) in [4.78, 5) is 10.6. The van der Waals surface area contributed by atoms with Crippen LogP contribution in [0.15, 0.2) is 0 Å². The van der Waals surface area contributed by atoms with E-state index in [0.717, 1.165) is 25.2 Å². The number of fused-ring (bicyclic) bond motifs is 2. The second-order valence-electron chi connectivity index (χ2n) is 4.37. The van der Waals surface area contributed by atoms with Crippen molar-refractivity contribution in [2.45, 2.75) is 44.6 Å². The lowest BCUT2D eigenvalue weighted by atomic mass is 9.82. The zero-order valence-corrected chi connectivity index (χ0v) is 7.95. The molecule has 3 unspecified atom stereocenters. The maximum absolute atomic E-state index is 10.6. The number of rotatable bonds is 2. The molecule has 13 heavy (non-hydrogen) atoms. The van der Waals surface area contributed by atoms with E-state index in [1.807, 2.05) is 6.92 Å². The summed E-state index contributed by atoms with van der Waals surface area (Å²) in [7, 11) is 0. The van der Waals surface area contributed by atoms with Crippen LogP contribution in [0.1, 0.15) is 39.0 Å². The highest BCUT2D eigenvalue weighted by Gasteiger charge is 2.52. The first-order valence-electron chi connectivity index (χ1n) is 5.08. The molecule has 1 N–H and O–H groups in total. The number of carboxylic acid groups (broad SMARTS) is 1. The molecular formula is C10H16O3. The molecule has 0 spiro atoms. The van der Waals surface area contributed by atoms with E-state index in [4.69, 9.17) is 9.84 Å². The van der Waals surface area contributed by atoms with Gasteiger partial charge < -0.3 is 9.84 Å². The van der Waals surface area contributed by atoms with E-state index in [-0.39, 0.29) is 5.60 Å². The van der Waals surface area contributed by atoms with Crippen molar-refractivity contribution in [3.63, 3.8) is 0 Å². The first-order chi connectivity index (χ1) is 6.16. The Morgan fingerprint density at radius 3 is 2.77 bits per heavy atom. The van der Waals surface area contributed by atoms with Gasteiger partial charge in [-0.25, -0.2) is 4.79 Å². The fourth-order valence-electron chi connectivity index (χ4n) is 3.20. The molecule has 0 aromatic rings. The van der Waals surface area contributed by atoms with E-state index in [2.05, 4.69) is 0 Å². The lowest BCUT2D eigenvalue weighted by molar-refractivity contribution is -0.0559. The molecule has 0 radical (unpaired) electrons. The van der Waals surface area contributed by atoms with E-state index in [0.29, 0.717) is 5.92 Å². The van der Waals surface area contributed by atoms with Crippen molar-refractivity contribution < 1.29 is 14.6 Å². The number of hydrogen-bond donors (Lipinski definition) is 1. The molecule has 74 valence electrons. The van der Waals surface area contributed by atoms with E-state index < -0.39 is 6.16 Å². The summed E-state index contributed by atoms with van der Waals surface area (Å²) < 4.78 is 5.10. The van der Waals surface area contributed by atoms with Crippen LogP contribution in [0.3, 0.4) is 0 Å². The van der Waals surface area contributed by atoms with Gasteiger partial charge in [-0.15, -0.1) is 0 Å². The van der Waals surface area contributed by atoms with Crippen molar-refractivity contribution >= 4 is 6.16 Å². The highest BCUT2D eigenvalue weighted by Crippen LogP contribution is 2.53. The van der Waals surface area contributed by atoms with Gasteiger partial charge in [0, 0.05) is 0 Å². The van der Waals surface area contributed by atoms with Gasteiger partial charge in [0.25, 0.3) is 0 Å². The Kier molecular flexibility index (Phi) is 1.97. The number of hydrogen-bond acceptors (Lipinski definition) is 2. The zero-order chi connectivity index (χ0) is 9.47. The molecule has 0 aromatic carbocycles. The Labute approximate surface area is 78.1 Å². The van der Waals surface area contributed by atoms with Crippen LogP contribution < -0.4 is 0 Å². The topological polar surface area (TPSA) is 46.5 Å².